The summed E-state index contributed by atoms with van der Waals surface area (Å²) < 4.78 is 10.6. The van der Waals surface area contributed by atoms with Gasteiger partial charge < -0.3 is 9.15 Å². The fraction of sp³-hybridized carbons (Fsp3) is 0.136. The van der Waals surface area contributed by atoms with E-state index in [1.54, 1.807) is 80.2 Å². The lowest BCUT2D eigenvalue weighted by Gasteiger charge is -2.26. The quantitative estimate of drug-likeness (QED) is 0.473. The number of aromatic nitrogens is 1. The summed E-state index contributed by atoms with van der Waals surface area (Å²) in [6, 6.07) is 17.5. The van der Waals surface area contributed by atoms with Crippen molar-refractivity contribution >= 4 is 17.8 Å². The minimum Gasteiger partial charge on any atom is -0.497 e. The number of hydrogen-bond acceptors (Lipinski definition) is 5. The number of pyridine rings is 1. The third-order valence-corrected chi connectivity index (χ3v) is 4.23. The highest BCUT2D eigenvalue weighted by atomic mass is 16.5. The zero-order chi connectivity index (χ0) is 19.9. The number of carbonyl (C=O) groups excluding carboxylic acids is 1. The van der Waals surface area contributed by atoms with Crippen LogP contribution in [0.1, 0.15) is 24.3 Å². The van der Waals surface area contributed by atoms with Crippen molar-refractivity contribution in [2.45, 2.75) is 13.0 Å². The fourth-order valence-electron chi connectivity index (χ4n) is 2.77. The summed E-state index contributed by atoms with van der Waals surface area (Å²) in [5.74, 6) is 1.28. The number of amides is 1. The van der Waals surface area contributed by atoms with Gasteiger partial charge in [0.15, 0.2) is 0 Å². The second-order valence-electron chi connectivity index (χ2n) is 6.00. The Bertz CT molecular complexity index is 988. The van der Waals surface area contributed by atoms with E-state index in [4.69, 9.17) is 9.15 Å². The van der Waals surface area contributed by atoms with E-state index < -0.39 is 11.9 Å². The van der Waals surface area contributed by atoms with Gasteiger partial charge in [0.1, 0.15) is 29.0 Å². The molecule has 140 valence electrons. The van der Waals surface area contributed by atoms with Crippen molar-refractivity contribution in [2.24, 2.45) is 0 Å². The molecule has 0 aliphatic rings. The molecule has 6 heteroatoms. The average Bonchev–Trinajstić information content (AvgIpc) is 3.28. The number of nitrogens with zero attached hydrogens (tertiary/aromatic N) is 3. The molecule has 3 aromatic rings. The molecule has 0 unspecified atom stereocenters. The van der Waals surface area contributed by atoms with Gasteiger partial charge >= 0.3 is 0 Å². The van der Waals surface area contributed by atoms with E-state index in [0.717, 1.165) is 5.56 Å². The lowest BCUT2D eigenvalue weighted by atomic mass is 10.1. The first-order valence-corrected chi connectivity index (χ1v) is 8.68. The molecular formula is C22H19N3O3. The maximum absolute atomic E-state index is 13.3. The van der Waals surface area contributed by atoms with Crippen LogP contribution in [0, 0.1) is 11.3 Å². The Balaban J connectivity index is 1.99. The molecule has 0 saturated carbocycles. The molecule has 1 amide bonds. The Morgan fingerprint density at radius 1 is 1.21 bits per heavy atom. The summed E-state index contributed by atoms with van der Waals surface area (Å²) in [6.45, 7) is 1.83. The predicted molar refractivity (Wildman–Crippen MR) is 105 cm³/mol. The van der Waals surface area contributed by atoms with Crippen LogP contribution in [-0.2, 0) is 4.79 Å². The van der Waals surface area contributed by atoms with Crippen LogP contribution in [0.25, 0.3) is 6.08 Å². The maximum Gasteiger partial charge on any atom is 0.270 e. The zero-order valence-electron chi connectivity index (χ0n) is 15.6. The SMILES string of the molecule is COc1ccc(/C=C(\C#N)C(=O)N(c2ccccn2)[C@H](C)c2ccco2)cc1. The van der Waals surface area contributed by atoms with E-state index in [0.29, 0.717) is 17.3 Å². The first-order chi connectivity index (χ1) is 13.6. The van der Waals surface area contributed by atoms with Gasteiger partial charge in [0.25, 0.3) is 5.91 Å². The van der Waals surface area contributed by atoms with E-state index in [-0.39, 0.29) is 5.57 Å². The molecule has 0 fully saturated rings. The van der Waals surface area contributed by atoms with E-state index in [9.17, 15) is 10.1 Å². The van der Waals surface area contributed by atoms with Gasteiger partial charge in [-0.3, -0.25) is 9.69 Å². The maximum atomic E-state index is 13.3. The Morgan fingerprint density at radius 3 is 2.57 bits per heavy atom. The third kappa shape index (κ3) is 4.10. The van der Waals surface area contributed by atoms with Crippen LogP contribution in [0.3, 0.4) is 0 Å². The molecule has 0 aliphatic heterocycles. The van der Waals surface area contributed by atoms with Gasteiger partial charge in [0, 0.05) is 6.20 Å². The largest absolute Gasteiger partial charge is 0.497 e. The number of methoxy groups -OCH3 is 1. The summed E-state index contributed by atoms with van der Waals surface area (Å²) in [7, 11) is 1.58. The minimum absolute atomic E-state index is 0.00535. The van der Waals surface area contributed by atoms with Crippen LogP contribution < -0.4 is 9.64 Å². The number of carbonyl (C=O) groups is 1. The Hall–Kier alpha value is -3.85. The molecule has 0 radical (unpaired) electrons. The van der Waals surface area contributed by atoms with Gasteiger partial charge in [0.2, 0.25) is 0 Å². The Kier molecular flexibility index (Phi) is 5.87. The fourth-order valence-corrected chi connectivity index (χ4v) is 2.77. The molecule has 2 heterocycles. The van der Waals surface area contributed by atoms with Crippen molar-refractivity contribution in [3.63, 3.8) is 0 Å². The number of benzene rings is 1. The molecule has 0 saturated heterocycles. The molecule has 0 bridgehead atoms. The normalized spacial score (nSPS) is 12.1. The molecule has 0 N–H and O–H groups in total. The first kappa shape index (κ1) is 18.9. The number of rotatable bonds is 6. The number of hydrogen-bond donors (Lipinski definition) is 0. The van der Waals surface area contributed by atoms with Crippen molar-refractivity contribution < 1.29 is 13.9 Å². The summed E-state index contributed by atoms with van der Waals surface area (Å²) in [5.41, 5.74) is 0.714. The predicted octanol–water partition coefficient (Wildman–Crippen LogP) is 4.38. The van der Waals surface area contributed by atoms with E-state index in [2.05, 4.69) is 4.98 Å². The van der Waals surface area contributed by atoms with Crippen LogP contribution in [0.15, 0.2) is 77.0 Å². The molecule has 1 aromatic carbocycles. The smallest absolute Gasteiger partial charge is 0.270 e. The van der Waals surface area contributed by atoms with Crippen LogP contribution in [-0.4, -0.2) is 18.0 Å². The van der Waals surface area contributed by atoms with Crippen molar-refractivity contribution in [1.82, 2.24) is 4.98 Å². The Morgan fingerprint density at radius 2 is 2.00 bits per heavy atom. The second kappa shape index (κ2) is 8.69. The standard InChI is InChI=1S/C22H19N3O3/c1-16(20-6-5-13-28-20)25(21-7-3-4-12-24-21)22(26)18(15-23)14-17-8-10-19(27-2)11-9-17/h3-14,16H,1-2H3/b18-14+/t16-/m1/s1. The first-order valence-electron chi connectivity index (χ1n) is 8.68. The number of ether oxygens (including phenoxy) is 1. The number of anilines is 1. The van der Waals surface area contributed by atoms with Crippen molar-refractivity contribution in [1.29, 1.82) is 5.26 Å². The summed E-state index contributed by atoms with van der Waals surface area (Å²) >= 11 is 0. The highest BCUT2D eigenvalue weighted by molar-refractivity contribution is 6.11. The van der Waals surface area contributed by atoms with Crippen LogP contribution >= 0.6 is 0 Å². The van der Waals surface area contributed by atoms with Crippen LogP contribution in [0.4, 0.5) is 5.82 Å². The lowest BCUT2D eigenvalue weighted by Crippen LogP contribution is -2.35. The average molecular weight is 373 g/mol. The van der Waals surface area contributed by atoms with Crippen LogP contribution in [0.5, 0.6) is 5.75 Å². The van der Waals surface area contributed by atoms with Crippen LogP contribution in [0.2, 0.25) is 0 Å². The molecule has 3 rings (SSSR count). The minimum atomic E-state index is -0.457. The molecule has 2 aromatic heterocycles. The monoisotopic (exact) mass is 373 g/mol. The molecule has 6 nitrogen and oxygen atoms in total. The van der Waals surface area contributed by atoms with Gasteiger partial charge in [0.05, 0.1) is 19.4 Å². The van der Waals surface area contributed by atoms with Gasteiger partial charge in [-0.15, -0.1) is 0 Å². The van der Waals surface area contributed by atoms with E-state index in [1.165, 1.54) is 4.90 Å². The van der Waals surface area contributed by atoms with Gasteiger partial charge in [-0.1, -0.05) is 18.2 Å². The summed E-state index contributed by atoms with van der Waals surface area (Å²) in [6.07, 6.45) is 4.70. The molecule has 0 aliphatic carbocycles. The molecule has 1 atom stereocenters. The second-order valence-corrected chi connectivity index (χ2v) is 6.00. The van der Waals surface area contributed by atoms with Gasteiger partial charge in [-0.05, 0) is 55.0 Å². The number of nitriles is 1. The number of furan rings is 1. The third-order valence-electron chi connectivity index (χ3n) is 4.23. The van der Waals surface area contributed by atoms with Gasteiger partial charge in [-0.2, -0.15) is 5.26 Å². The van der Waals surface area contributed by atoms with Crippen molar-refractivity contribution in [3.05, 3.63) is 84.0 Å². The topological polar surface area (TPSA) is 79.4 Å². The van der Waals surface area contributed by atoms with E-state index >= 15 is 0 Å². The van der Waals surface area contributed by atoms with Crippen molar-refractivity contribution in [3.8, 4) is 11.8 Å². The Labute approximate surface area is 163 Å². The molecular weight excluding hydrogens is 354 g/mol. The zero-order valence-corrected chi connectivity index (χ0v) is 15.6. The molecule has 28 heavy (non-hydrogen) atoms. The summed E-state index contributed by atoms with van der Waals surface area (Å²) in [5, 5.41) is 9.63. The highest BCUT2D eigenvalue weighted by Gasteiger charge is 2.28. The van der Waals surface area contributed by atoms with Gasteiger partial charge in [-0.25, -0.2) is 4.98 Å². The lowest BCUT2D eigenvalue weighted by molar-refractivity contribution is -0.115. The molecule has 0 spiro atoms. The van der Waals surface area contributed by atoms with Crippen molar-refractivity contribution in [2.75, 3.05) is 12.0 Å². The highest BCUT2D eigenvalue weighted by Crippen LogP contribution is 2.28. The van der Waals surface area contributed by atoms with E-state index in [1.807, 2.05) is 13.0 Å². The summed E-state index contributed by atoms with van der Waals surface area (Å²) in [4.78, 5) is 19.0.